The molecule has 0 bridgehead atoms. The Morgan fingerprint density at radius 3 is 0.859 bits per heavy atom. The van der Waals surface area contributed by atoms with Crippen molar-refractivity contribution in [3.8, 4) is 0 Å². The van der Waals surface area contributed by atoms with Crippen molar-refractivity contribution in [2.75, 3.05) is 47.5 Å². The van der Waals surface area contributed by atoms with Crippen LogP contribution in [0.3, 0.4) is 0 Å². The number of aliphatic carboxylic acids is 1. The molecule has 0 spiro atoms. The maximum Gasteiger partial charge on any atom is 0.306 e. The molecule has 2 unspecified atom stereocenters. The Balaban J connectivity index is 3.94. The molecule has 0 saturated heterocycles. The van der Waals surface area contributed by atoms with E-state index >= 15 is 0 Å². The molecular weight excluding hydrogens is 1220 g/mol. The number of nitrogens with zero attached hydrogens (tertiary/aromatic N) is 1. The number of hydrogen-bond acceptors (Lipinski definition) is 8. The van der Waals surface area contributed by atoms with Crippen molar-refractivity contribution in [2.45, 2.75) is 424 Å². The van der Waals surface area contributed by atoms with Gasteiger partial charge in [0.05, 0.1) is 40.3 Å². The second-order valence-corrected chi connectivity index (χ2v) is 30.1. The van der Waals surface area contributed by atoms with Gasteiger partial charge in [-0.3, -0.25) is 9.59 Å². The van der Waals surface area contributed by atoms with Gasteiger partial charge >= 0.3 is 11.9 Å². The molecule has 0 fully saturated rings. The van der Waals surface area contributed by atoms with Gasteiger partial charge in [-0.1, -0.05) is 394 Å². The van der Waals surface area contributed by atoms with Gasteiger partial charge in [-0.05, 0) is 89.9 Å². The van der Waals surface area contributed by atoms with E-state index in [0.717, 1.165) is 70.6 Å². The summed E-state index contributed by atoms with van der Waals surface area (Å²) in [7, 11) is 5.95. The number of carbonyl (C=O) groups excluding carboxylic acids is 3. The average molecular weight is 1390 g/mol. The fraction of sp³-hybridized carbons (Fsp3) is 0.811. The Kier molecular flexibility index (Phi) is 77.3. The number of allylic oxidation sites excluding steroid dienone is 14. The largest absolute Gasteiger partial charge is 0.545 e. The molecule has 0 aliphatic carbocycles. The molecule has 0 aliphatic rings. The number of unbranched alkanes of at least 4 members (excludes halogenated alkanes) is 51. The monoisotopic (exact) mass is 1390 g/mol. The fourth-order valence-electron chi connectivity index (χ4n) is 12.7. The van der Waals surface area contributed by atoms with E-state index in [9.17, 15) is 19.5 Å². The van der Waals surface area contributed by atoms with Crippen molar-refractivity contribution in [3.05, 3.63) is 85.1 Å². The van der Waals surface area contributed by atoms with Gasteiger partial charge in [0.15, 0.2) is 12.4 Å². The highest BCUT2D eigenvalue weighted by atomic mass is 16.7. The highest BCUT2D eigenvalue weighted by molar-refractivity contribution is 5.70. The van der Waals surface area contributed by atoms with Crippen LogP contribution in [-0.4, -0.2) is 82.3 Å². The van der Waals surface area contributed by atoms with Crippen LogP contribution in [0.1, 0.15) is 412 Å². The summed E-state index contributed by atoms with van der Waals surface area (Å²) in [6.07, 6.45) is 107. The first kappa shape index (κ1) is 95.5. The number of hydrogen-bond donors (Lipinski definition) is 0. The molecule has 9 heteroatoms. The van der Waals surface area contributed by atoms with Gasteiger partial charge < -0.3 is 33.3 Å². The molecule has 0 aromatic rings. The number of carboxylic acid groups (broad SMARTS) is 1. The van der Waals surface area contributed by atoms with Gasteiger partial charge in [0.1, 0.15) is 13.2 Å². The zero-order valence-corrected chi connectivity index (χ0v) is 66.1. The van der Waals surface area contributed by atoms with Crippen LogP contribution >= 0.6 is 0 Å². The molecule has 0 rings (SSSR count). The third kappa shape index (κ3) is 81.6. The van der Waals surface area contributed by atoms with Crippen LogP contribution in [0, 0.1) is 0 Å². The molecule has 9 nitrogen and oxygen atoms in total. The zero-order valence-electron chi connectivity index (χ0n) is 66.1. The minimum atomic E-state index is -1.62. The Bertz CT molecular complexity index is 1910. The van der Waals surface area contributed by atoms with Gasteiger partial charge in [-0.15, -0.1) is 0 Å². The smallest absolute Gasteiger partial charge is 0.306 e. The number of carbonyl (C=O) groups is 3. The van der Waals surface area contributed by atoms with Crippen LogP contribution in [-0.2, 0) is 33.3 Å². The van der Waals surface area contributed by atoms with Gasteiger partial charge in [0.2, 0.25) is 0 Å². The summed E-state index contributed by atoms with van der Waals surface area (Å²) in [5.41, 5.74) is 0. The van der Waals surface area contributed by atoms with Gasteiger partial charge in [0, 0.05) is 12.8 Å². The molecule has 0 N–H and O–H groups in total. The third-order valence-corrected chi connectivity index (χ3v) is 19.1. The number of rotatable bonds is 80. The van der Waals surface area contributed by atoms with Crippen LogP contribution in [0.2, 0.25) is 0 Å². The van der Waals surface area contributed by atoms with Crippen molar-refractivity contribution in [3.63, 3.8) is 0 Å². The topological polar surface area (TPSA) is 111 Å². The van der Waals surface area contributed by atoms with E-state index in [-0.39, 0.29) is 32.2 Å². The van der Waals surface area contributed by atoms with Crippen molar-refractivity contribution in [2.24, 2.45) is 0 Å². The van der Waals surface area contributed by atoms with Crippen molar-refractivity contribution in [1.29, 1.82) is 0 Å². The summed E-state index contributed by atoms with van der Waals surface area (Å²) in [6, 6.07) is 0. The molecule has 0 saturated carbocycles. The molecule has 99 heavy (non-hydrogen) atoms. The van der Waals surface area contributed by atoms with E-state index in [1.165, 1.54) is 308 Å². The van der Waals surface area contributed by atoms with E-state index in [1.54, 1.807) is 0 Å². The highest BCUT2D eigenvalue weighted by Gasteiger charge is 2.22. The normalized spacial score (nSPS) is 13.0. The minimum Gasteiger partial charge on any atom is -0.545 e. The van der Waals surface area contributed by atoms with E-state index < -0.39 is 24.3 Å². The van der Waals surface area contributed by atoms with Crippen LogP contribution in [0.25, 0.3) is 0 Å². The van der Waals surface area contributed by atoms with Crippen LogP contribution in [0.4, 0.5) is 0 Å². The van der Waals surface area contributed by atoms with Crippen LogP contribution < -0.4 is 5.11 Å². The lowest BCUT2D eigenvalue weighted by molar-refractivity contribution is -0.870. The average Bonchev–Trinajstić information content (AvgIpc) is 1.16. The molecule has 0 aliphatic heterocycles. The van der Waals surface area contributed by atoms with Crippen molar-refractivity contribution in [1.82, 2.24) is 0 Å². The number of likely N-dealkylation sites (N-methyl/N-ethyl adjacent to an activating group) is 1. The fourth-order valence-corrected chi connectivity index (χ4v) is 12.7. The summed E-state index contributed by atoms with van der Waals surface area (Å²) in [4.78, 5) is 37.7. The predicted octanol–water partition coefficient (Wildman–Crippen LogP) is 26.4. The Morgan fingerprint density at radius 1 is 0.313 bits per heavy atom. The first-order valence-corrected chi connectivity index (χ1v) is 42.7. The Labute approximate surface area is 614 Å². The molecule has 2 atom stereocenters. The number of esters is 2. The van der Waals surface area contributed by atoms with Crippen LogP contribution in [0.5, 0.6) is 0 Å². The second kappa shape index (κ2) is 80.2. The van der Waals surface area contributed by atoms with Crippen LogP contribution in [0.15, 0.2) is 85.1 Å². The van der Waals surface area contributed by atoms with E-state index in [4.69, 9.17) is 18.9 Å². The van der Waals surface area contributed by atoms with Gasteiger partial charge in [0.25, 0.3) is 0 Å². The van der Waals surface area contributed by atoms with Gasteiger partial charge in [-0.2, -0.15) is 0 Å². The molecule has 576 valence electrons. The van der Waals surface area contributed by atoms with Crippen molar-refractivity contribution >= 4 is 17.9 Å². The predicted molar refractivity (Wildman–Crippen MR) is 426 cm³/mol. The number of ether oxygens (including phenoxy) is 4. The Morgan fingerprint density at radius 2 is 0.576 bits per heavy atom. The molecule has 0 aromatic heterocycles. The lowest BCUT2D eigenvalue weighted by Gasteiger charge is -2.26. The molecule has 0 radical (unpaired) electrons. The summed E-state index contributed by atoms with van der Waals surface area (Å²) < 4.78 is 22.9. The lowest BCUT2D eigenvalue weighted by atomic mass is 10.0. The summed E-state index contributed by atoms with van der Waals surface area (Å²) in [6.45, 7) is 4.69. The quantitative estimate of drug-likeness (QED) is 0.0195. The minimum absolute atomic E-state index is 0.149. The Hall–Kier alpha value is -3.53. The maximum atomic E-state index is 13.0. The first-order chi connectivity index (χ1) is 48.6. The molecule has 0 amide bonds. The second-order valence-electron chi connectivity index (χ2n) is 30.1. The molecular formula is C90H163NO8. The zero-order chi connectivity index (χ0) is 71.8. The van der Waals surface area contributed by atoms with E-state index in [0.29, 0.717) is 23.9 Å². The first-order valence-electron chi connectivity index (χ1n) is 42.7. The standard InChI is InChI=1S/C90H163NO8/c1-6-8-10-12-14-16-18-20-22-24-26-28-30-32-34-36-38-40-42-43-44-45-47-48-50-52-54-56-58-60-62-64-66-68-70-72-74-76-78-80-87(92)97-84-86(85-98-90(89(94)95)96-83-82-91(3,4)5)99-88(93)81-79-77-75-73-71-69-67-65-63-61-59-57-55-53-51-49-46-41-39-37-35-33-31-29-27-25-23-21-19-17-15-13-11-9-7-2/h9,11,15,17-18,20-21,23-24,26-27,29,33,35,86,90H,6-8,10,12-14,16,19,22,25,28,30-32,34,36-85H2,1-5H3/b11-9-,17-15-,20-18-,23-21-,26-24-,29-27-,35-33-. The molecule has 0 heterocycles. The number of quaternary nitrogens is 1. The summed E-state index contributed by atoms with van der Waals surface area (Å²) >= 11 is 0. The summed E-state index contributed by atoms with van der Waals surface area (Å²) in [5, 5.41) is 11.9. The number of carboxylic acids is 1. The maximum absolute atomic E-state index is 13.0. The van der Waals surface area contributed by atoms with E-state index in [1.807, 2.05) is 21.1 Å². The van der Waals surface area contributed by atoms with Gasteiger partial charge in [-0.25, -0.2) is 0 Å². The lowest BCUT2D eigenvalue weighted by Crippen LogP contribution is -2.44. The summed E-state index contributed by atoms with van der Waals surface area (Å²) in [5.74, 6) is -2.25. The third-order valence-electron chi connectivity index (χ3n) is 19.1. The van der Waals surface area contributed by atoms with Crippen molar-refractivity contribution < 1.29 is 42.9 Å². The highest BCUT2D eigenvalue weighted by Crippen LogP contribution is 2.20. The molecule has 0 aromatic carbocycles. The van der Waals surface area contributed by atoms with E-state index in [2.05, 4.69) is 98.9 Å². The SMILES string of the molecule is CC/C=C\C/C=C\C/C=C\C/C=C\C/C=C\CCCCCCCCCCCCCCCCCCCCCC(=O)OC(COC(=O)CCCCCCCCCCCCCCCCCCCCCCCCCCCCC/C=C\C/C=C\CCCCCCC)COC(OCC[N+](C)(C)C)C(=O)[O-].